The maximum absolute atomic E-state index is 13.9. The number of rotatable bonds is 12. The maximum atomic E-state index is 13.9. The van der Waals surface area contributed by atoms with Crippen LogP contribution in [0, 0.1) is 29.1 Å². The van der Waals surface area contributed by atoms with E-state index in [0.29, 0.717) is 19.0 Å². The van der Waals surface area contributed by atoms with E-state index < -0.39 is 92.8 Å². The first-order valence-corrected chi connectivity index (χ1v) is 16.3. The number of ketones is 1. The molecule has 3 fully saturated rings. The number of sulfonamides is 1. The molecular formula is C29H36F6N4O7S. The van der Waals surface area contributed by atoms with Crippen molar-refractivity contribution < 1.29 is 58.7 Å². The molecule has 4 rings (SSSR count). The molecule has 1 saturated carbocycles. The molecule has 3 amide bonds. The van der Waals surface area contributed by atoms with E-state index in [4.69, 9.17) is 4.74 Å². The normalized spacial score (nSPS) is 25.2. The first-order chi connectivity index (χ1) is 21.6. The van der Waals surface area contributed by atoms with Crippen molar-refractivity contribution in [3.8, 4) is 5.75 Å². The minimum Gasteiger partial charge on any atom is -0.486 e. The molecule has 0 aromatic heterocycles. The molecule has 3 N–H and O–H groups in total. The zero-order valence-electron chi connectivity index (χ0n) is 25.9. The van der Waals surface area contributed by atoms with Gasteiger partial charge in [-0.1, -0.05) is 33.8 Å². The third kappa shape index (κ3) is 7.68. The van der Waals surface area contributed by atoms with Crippen LogP contribution in [0.25, 0.3) is 0 Å². The molecule has 0 unspecified atom stereocenters. The average molecular weight is 699 g/mol. The van der Waals surface area contributed by atoms with E-state index in [1.165, 1.54) is 24.6 Å². The summed E-state index contributed by atoms with van der Waals surface area (Å²) in [5.41, 5.74) is -7.18. The fraction of sp³-hybridized carbons (Fsp3) is 0.655. The van der Waals surface area contributed by atoms with Gasteiger partial charge in [-0.05, 0) is 54.2 Å². The predicted molar refractivity (Wildman–Crippen MR) is 153 cm³/mol. The molecule has 0 radical (unpaired) electrons. The number of fused-ring (bicyclic) bond motifs is 1. The number of nitrogens with zero attached hydrogens (tertiary/aromatic N) is 1. The molecule has 18 heteroatoms. The van der Waals surface area contributed by atoms with E-state index >= 15 is 0 Å². The van der Waals surface area contributed by atoms with Gasteiger partial charge in [0.25, 0.3) is 0 Å². The molecule has 3 aliphatic rings. The number of benzene rings is 1. The van der Waals surface area contributed by atoms with Crippen LogP contribution in [0.4, 0.5) is 26.3 Å². The summed E-state index contributed by atoms with van der Waals surface area (Å²) < 4.78 is 109. The van der Waals surface area contributed by atoms with Gasteiger partial charge in [0.15, 0.2) is 5.78 Å². The van der Waals surface area contributed by atoms with Gasteiger partial charge in [-0.3, -0.25) is 19.2 Å². The highest BCUT2D eigenvalue weighted by molar-refractivity contribution is 7.90. The van der Waals surface area contributed by atoms with Crippen molar-refractivity contribution in [3.05, 3.63) is 29.8 Å². The van der Waals surface area contributed by atoms with E-state index in [1.54, 1.807) is 0 Å². The molecule has 262 valence electrons. The topological polar surface area (TPSA) is 151 Å². The lowest BCUT2D eigenvalue weighted by Crippen LogP contribution is -2.59. The number of nitrogens with one attached hydrogen (secondary N) is 3. The summed E-state index contributed by atoms with van der Waals surface area (Å²) in [6.45, 7) is 5.79. The number of ether oxygens (including phenoxy) is 1. The van der Waals surface area contributed by atoms with E-state index in [9.17, 15) is 53.9 Å². The van der Waals surface area contributed by atoms with Crippen LogP contribution in [0.1, 0.15) is 46.1 Å². The minimum atomic E-state index is -5.93. The van der Waals surface area contributed by atoms with Crippen molar-refractivity contribution in [3.63, 3.8) is 0 Å². The number of halogens is 6. The summed E-state index contributed by atoms with van der Waals surface area (Å²) >= 11 is 0. The molecule has 2 heterocycles. The molecule has 1 aromatic carbocycles. The van der Waals surface area contributed by atoms with Gasteiger partial charge in [0, 0.05) is 19.0 Å². The highest BCUT2D eigenvalue weighted by Gasteiger charge is 2.70. The molecule has 2 saturated heterocycles. The Bertz CT molecular complexity index is 1510. The highest BCUT2D eigenvalue weighted by atomic mass is 32.2. The number of carbonyl (C=O) groups is 4. The molecule has 47 heavy (non-hydrogen) atoms. The summed E-state index contributed by atoms with van der Waals surface area (Å²) in [6, 6.07) is -0.741. The van der Waals surface area contributed by atoms with Crippen molar-refractivity contribution in [2.24, 2.45) is 29.1 Å². The monoisotopic (exact) mass is 698 g/mol. The summed E-state index contributed by atoms with van der Waals surface area (Å²) in [6.07, 6.45) is -4.54. The average Bonchev–Trinajstić information content (AvgIpc) is 3.30. The Morgan fingerprint density at radius 1 is 1.13 bits per heavy atom. The Morgan fingerprint density at radius 3 is 2.34 bits per heavy atom. The number of hydrogen-bond donors (Lipinski definition) is 3. The first kappa shape index (κ1) is 36.4. The van der Waals surface area contributed by atoms with Crippen LogP contribution in [0.2, 0.25) is 0 Å². The summed E-state index contributed by atoms with van der Waals surface area (Å²) in [7, 11) is -5.93. The standard InChI is InChI=1S/C29H36F6N4O7S/c1-14(2)22(38-47(44,45)29(33,34)35)26(43)39-12-18-21(27(18,3)4)23(39)25(42)37-19(10-15-8-9-36-24(15)41)20(40)13-46-17-7-5-6-16(11-17)28(30,31)32/h5-7,11,14-15,18-19,21-23,38H,8-10,12-13H2,1-4H3,(H,36,41)(H,37,42)/t15-,18-,19-,21-,22-,23-/m0/s1. The second kappa shape index (κ2) is 12.9. The van der Waals surface area contributed by atoms with Crippen molar-refractivity contribution in [2.75, 3.05) is 19.7 Å². The van der Waals surface area contributed by atoms with Gasteiger partial charge < -0.3 is 20.3 Å². The number of alkyl halides is 6. The van der Waals surface area contributed by atoms with Crippen LogP contribution < -0.4 is 20.1 Å². The molecule has 1 aliphatic carbocycles. The number of hydrogen-bond acceptors (Lipinski definition) is 7. The van der Waals surface area contributed by atoms with Crippen LogP contribution >= 0.6 is 0 Å². The minimum absolute atomic E-state index is 0.0617. The van der Waals surface area contributed by atoms with Crippen molar-refractivity contribution in [1.82, 2.24) is 20.3 Å². The Morgan fingerprint density at radius 2 is 1.79 bits per heavy atom. The van der Waals surface area contributed by atoms with Crippen molar-refractivity contribution in [1.29, 1.82) is 0 Å². The van der Waals surface area contributed by atoms with Crippen LogP contribution in [0.5, 0.6) is 5.75 Å². The Balaban J connectivity index is 1.56. The van der Waals surface area contributed by atoms with E-state index in [0.717, 1.165) is 17.0 Å². The van der Waals surface area contributed by atoms with Gasteiger partial charge in [-0.25, -0.2) is 8.42 Å². The summed E-state index contributed by atoms with van der Waals surface area (Å²) in [5.74, 6) is -5.73. The summed E-state index contributed by atoms with van der Waals surface area (Å²) in [5, 5.41) is 5.17. The quantitative estimate of drug-likeness (QED) is 0.284. The lowest BCUT2D eigenvalue weighted by molar-refractivity contribution is -0.143. The smallest absolute Gasteiger partial charge is 0.486 e. The fourth-order valence-corrected chi connectivity index (χ4v) is 7.24. The van der Waals surface area contributed by atoms with E-state index in [1.807, 2.05) is 13.8 Å². The Kier molecular flexibility index (Phi) is 9.99. The molecular weight excluding hydrogens is 662 g/mol. The van der Waals surface area contributed by atoms with E-state index in [2.05, 4.69) is 10.6 Å². The number of Topliss-reactive ketones (excluding diaryl/α,β-unsaturated/α-hetero) is 1. The number of likely N-dealkylation sites (tertiary alicyclic amines) is 1. The molecule has 0 bridgehead atoms. The van der Waals surface area contributed by atoms with Crippen LogP contribution in [0.15, 0.2) is 24.3 Å². The van der Waals surface area contributed by atoms with Gasteiger partial charge >= 0.3 is 21.7 Å². The maximum Gasteiger partial charge on any atom is 0.511 e. The molecule has 2 aliphatic heterocycles. The van der Waals surface area contributed by atoms with Crippen molar-refractivity contribution >= 4 is 33.5 Å². The SMILES string of the molecule is CC(C)[C@H](NS(=O)(=O)C(F)(F)F)C(=O)N1C[C@H]2[C@@H]([C@H]1C(=O)N[C@@H](C[C@@H]1CCNC1=O)C(=O)COc1cccc(C(F)(F)F)c1)C2(C)C. The van der Waals surface area contributed by atoms with Gasteiger partial charge in [0.1, 0.15) is 24.4 Å². The Labute approximate surface area is 267 Å². The van der Waals surface area contributed by atoms with Crippen molar-refractivity contribution in [2.45, 2.75) is 70.3 Å². The van der Waals surface area contributed by atoms with Gasteiger partial charge in [0.2, 0.25) is 17.7 Å². The predicted octanol–water partition coefficient (Wildman–Crippen LogP) is 2.61. The highest BCUT2D eigenvalue weighted by Crippen LogP contribution is 2.65. The molecule has 1 aromatic rings. The number of carbonyl (C=O) groups excluding carboxylic acids is 4. The molecule has 11 nitrogen and oxygen atoms in total. The third-order valence-corrected chi connectivity index (χ3v) is 10.4. The fourth-order valence-electron chi connectivity index (χ4n) is 6.40. The largest absolute Gasteiger partial charge is 0.511 e. The number of amides is 3. The second-order valence-electron chi connectivity index (χ2n) is 13.0. The lowest BCUT2D eigenvalue weighted by atomic mass is 9.94. The third-order valence-electron chi connectivity index (χ3n) is 9.21. The molecule has 0 spiro atoms. The van der Waals surface area contributed by atoms with Gasteiger partial charge in [-0.2, -0.15) is 31.1 Å². The number of piperidine rings is 1. The zero-order valence-corrected chi connectivity index (χ0v) is 26.7. The lowest BCUT2D eigenvalue weighted by Gasteiger charge is -2.35. The Hall–Kier alpha value is -3.41. The zero-order chi connectivity index (χ0) is 35.3. The summed E-state index contributed by atoms with van der Waals surface area (Å²) in [4.78, 5) is 54.2. The van der Waals surface area contributed by atoms with Crippen LogP contribution in [0.3, 0.4) is 0 Å². The van der Waals surface area contributed by atoms with Crippen LogP contribution in [-0.2, 0) is 35.4 Å². The molecule has 6 atom stereocenters. The van der Waals surface area contributed by atoms with E-state index in [-0.39, 0.29) is 30.5 Å². The second-order valence-corrected chi connectivity index (χ2v) is 14.7. The first-order valence-electron chi connectivity index (χ1n) is 14.9. The van der Waals surface area contributed by atoms with Crippen LogP contribution in [-0.4, -0.2) is 80.2 Å². The van der Waals surface area contributed by atoms with Gasteiger partial charge in [-0.15, -0.1) is 0 Å². The van der Waals surface area contributed by atoms with Gasteiger partial charge in [0.05, 0.1) is 11.6 Å².